The molecule has 5 rings (SSSR count). The molecule has 2 aromatic carbocycles. The lowest BCUT2D eigenvalue weighted by Crippen LogP contribution is -2.42. The lowest BCUT2D eigenvalue weighted by atomic mass is 9.85. The largest absolute Gasteiger partial charge is 0.481 e. The summed E-state index contributed by atoms with van der Waals surface area (Å²) in [5, 5.41) is 9.73. The van der Waals surface area contributed by atoms with Gasteiger partial charge in [0.05, 0.1) is 29.7 Å². The monoisotopic (exact) mass is 476 g/mol. The van der Waals surface area contributed by atoms with E-state index < -0.39 is 5.97 Å². The highest BCUT2D eigenvalue weighted by Crippen LogP contribution is 2.43. The second-order valence-corrected chi connectivity index (χ2v) is 9.69. The maximum atomic E-state index is 12.6. The average Bonchev–Trinajstić information content (AvgIpc) is 3.28. The summed E-state index contributed by atoms with van der Waals surface area (Å²) in [5.74, 6) is -0.287. The number of amides is 1. The first kappa shape index (κ1) is 23.2. The fourth-order valence-corrected chi connectivity index (χ4v) is 5.75. The number of nitrogens with zero attached hydrogens (tertiary/aromatic N) is 4. The molecule has 0 radical (unpaired) electrons. The average molecular weight is 477 g/mol. The van der Waals surface area contributed by atoms with Crippen molar-refractivity contribution in [2.45, 2.75) is 57.5 Å². The highest BCUT2D eigenvalue weighted by molar-refractivity contribution is 5.96. The number of ether oxygens (including phenoxy) is 1. The molecule has 0 unspecified atom stereocenters. The number of hydrogen-bond acceptors (Lipinski definition) is 5. The Labute approximate surface area is 205 Å². The lowest BCUT2D eigenvalue weighted by molar-refractivity contribution is -0.143. The predicted molar refractivity (Wildman–Crippen MR) is 136 cm³/mol. The first-order chi connectivity index (χ1) is 16.9. The molecule has 0 saturated heterocycles. The highest BCUT2D eigenvalue weighted by atomic mass is 16.5. The van der Waals surface area contributed by atoms with Gasteiger partial charge >= 0.3 is 12.1 Å². The molecule has 0 bridgehead atoms. The number of imidazole rings is 1. The van der Waals surface area contributed by atoms with Crippen LogP contribution in [0.2, 0.25) is 0 Å². The van der Waals surface area contributed by atoms with Gasteiger partial charge in [-0.15, -0.1) is 0 Å². The summed E-state index contributed by atoms with van der Waals surface area (Å²) in [6.07, 6.45) is 4.34. The van der Waals surface area contributed by atoms with Crippen LogP contribution >= 0.6 is 0 Å². The minimum Gasteiger partial charge on any atom is -0.481 e. The standard InChI is InChI=1S/C27H32N4O4/c1-17-12-13-21-22(30(17)27(34)35-3)14-15-23-24(21)28-26(29(2)19-9-5-4-6-10-19)31(23)20-11-7-8-18(16-20)25(32)33/h4-6,9-10,14-15,17-18,20H,7-8,11-13,16H2,1-3H3,(H,32,33)/t17-,18+,20+/m0/s1. The van der Waals surface area contributed by atoms with Crippen molar-refractivity contribution in [3.63, 3.8) is 0 Å². The molecule has 1 N–H and O–H groups in total. The number of aliphatic carboxylic acids is 1. The maximum Gasteiger partial charge on any atom is 0.414 e. The first-order valence-corrected chi connectivity index (χ1v) is 12.3. The summed E-state index contributed by atoms with van der Waals surface area (Å²) in [4.78, 5) is 33.4. The summed E-state index contributed by atoms with van der Waals surface area (Å²) in [6, 6.07) is 14.2. The second kappa shape index (κ2) is 9.24. The van der Waals surface area contributed by atoms with E-state index in [-0.39, 0.29) is 24.1 Å². The number of aryl methyl sites for hydroxylation is 1. The molecule has 8 nitrogen and oxygen atoms in total. The number of carbonyl (C=O) groups is 2. The van der Waals surface area contributed by atoms with E-state index in [1.807, 2.05) is 56.4 Å². The Balaban J connectivity index is 1.69. The van der Waals surface area contributed by atoms with Gasteiger partial charge in [-0.25, -0.2) is 9.78 Å². The third kappa shape index (κ3) is 4.00. The number of carboxylic acid groups (broad SMARTS) is 1. The van der Waals surface area contributed by atoms with Crippen LogP contribution in [-0.4, -0.2) is 46.9 Å². The number of fused-ring (bicyclic) bond motifs is 3. The molecule has 1 saturated carbocycles. The number of carboxylic acids is 1. The van der Waals surface area contributed by atoms with E-state index in [1.165, 1.54) is 7.11 Å². The van der Waals surface area contributed by atoms with E-state index in [2.05, 4.69) is 9.47 Å². The fourth-order valence-electron chi connectivity index (χ4n) is 5.75. The minimum absolute atomic E-state index is 0.0355. The van der Waals surface area contributed by atoms with E-state index in [9.17, 15) is 14.7 Å². The molecule has 8 heteroatoms. The van der Waals surface area contributed by atoms with E-state index in [0.29, 0.717) is 12.8 Å². The van der Waals surface area contributed by atoms with Crippen LogP contribution in [-0.2, 0) is 16.0 Å². The van der Waals surface area contributed by atoms with Gasteiger partial charge in [-0.05, 0) is 63.3 Å². The molecule has 184 valence electrons. The van der Waals surface area contributed by atoms with Crippen LogP contribution in [0.4, 0.5) is 22.1 Å². The summed E-state index contributed by atoms with van der Waals surface area (Å²) in [5.41, 5.74) is 4.75. The number of aromatic nitrogens is 2. The molecule has 1 aliphatic carbocycles. The fraction of sp³-hybridized carbons (Fsp3) is 0.444. The Morgan fingerprint density at radius 2 is 1.89 bits per heavy atom. The van der Waals surface area contributed by atoms with E-state index in [4.69, 9.17) is 9.72 Å². The zero-order chi connectivity index (χ0) is 24.7. The normalized spacial score (nSPS) is 22.0. The molecule has 0 spiro atoms. The Hall–Kier alpha value is -3.55. The third-order valence-corrected chi connectivity index (χ3v) is 7.61. The van der Waals surface area contributed by atoms with Gasteiger partial charge in [-0.1, -0.05) is 24.6 Å². The van der Waals surface area contributed by atoms with Crippen molar-refractivity contribution in [2.75, 3.05) is 24.0 Å². The van der Waals surface area contributed by atoms with Crippen LogP contribution in [0.5, 0.6) is 0 Å². The van der Waals surface area contributed by atoms with Crippen molar-refractivity contribution in [1.82, 2.24) is 9.55 Å². The van der Waals surface area contributed by atoms with Crippen molar-refractivity contribution < 1.29 is 19.4 Å². The molecule has 2 heterocycles. The van der Waals surface area contributed by atoms with Gasteiger partial charge in [0, 0.05) is 30.4 Å². The molecular formula is C27H32N4O4. The van der Waals surface area contributed by atoms with Gasteiger partial charge in [0.1, 0.15) is 0 Å². The topological polar surface area (TPSA) is 87.9 Å². The molecule has 1 aliphatic heterocycles. The van der Waals surface area contributed by atoms with Crippen LogP contribution in [0, 0.1) is 5.92 Å². The SMILES string of the molecule is COC(=O)N1c2ccc3c(nc(N(C)c4ccccc4)n3[C@@H]3CCC[C@@H](C(=O)O)C3)c2CC[C@@H]1C. The Kier molecular flexibility index (Phi) is 6.13. The summed E-state index contributed by atoms with van der Waals surface area (Å²) in [7, 11) is 3.41. The molecular weight excluding hydrogens is 444 g/mol. The van der Waals surface area contributed by atoms with Crippen LogP contribution in [0.3, 0.4) is 0 Å². The Bertz CT molecular complexity index is 1260. The Morgan fingerprint density at radius 1 is 1.11 bits per heavy atom. The molecule has 35 heavy (non-hydrogen) atoms. The van der Waals surface area contributed by atoms with Gasteiger partial charge in [0.15, 0.2) is 0 Å². The zero-order valence-electron chi connectivity index (χ0n) is 20.5. The van der Waals surface area contributed by atoms with E-state index >= 15 is 0 Å². The zero-order valence-corrected chi connectivity index (χ0v) is 20.5. The summed E-state index contributed by atoms with van der Waals surface area (Å²) in [6.45, 7) is 2.03. The molecule has 1 fully saturated rings. The van der Waals surface area contributed by atoms with Gasteiger partial charge < -0.3 is 19.3 Å². The number of para-hydroxylation sites is 1. The third-order valence-electron chi connectivity index (χ3n) is 7.61. The molecule has 1 aromatic heterocycles. The number of benzene rings is 2. The number of hydrogen-bond donors (Lipinski definition) is 1. The van der Waals surface area contributed by atoms with Crippen molar-refractivity contribution in [1.29, 1.82) is 0 Å². The van der Waals surface area contributed by atoms with Crippen LogP contribution < -0.4 is 9.80 Å². The molecule has 1 amide bonds. The van der Waals surface area contributed by atoms with Gasteiger partial charge in [0.25, 0.3) is 0 Å². The van der Waals surface area contributed by atoms with E-state index in [1.54, 1.807) is 4.90 Å². The number of methoxy groups -OCH3 is 1. The highest BCUT2D eigenvalue weighted by Gasteiger charge is 2.34. The smallest absolute Gasteiger partial charge is 0.414 e. The minimum atomic E-state index is -0.725. The van der Waals surface area contributed by atoms with Gasteiger partial charge in [-0.2, -0.15) is 0 Å². The van der Waals surface area contributed by atoms with Crippen molar-refractivity contribution >= 4 is 40.4 Å². The summed E-state index contributed by atoms with van der Waals surface area (Å²) >= 11 is 0. The number of anilines is 3. The van der Waals surface area contributed by atoms with Gasteiger partial charge in [-0.3, -0.25) is 9.69 Å². The number of carbonyl (C=O) groups excluding carboxylic acids is 1. The lowest BCUT2D eigenvalue weighted by Gasteiger charge is -2.34. The molecule has 3 atom stereocenters. The van der Waals surface area contributed by atoms with Crippen LogP contribution in [0.15, 0.2) is 42.5 Å². The van der Waals surface area contributed by atoms with E-state index in [0.717, 1.165) is 59.6 Å². The van der Waals surface area contributed by atoms with Gasteiger partial charge in [0.2, 0.25) is 5.95 Å². The first-order valence-electron chi connectivity index (χ1n) is 12.3. The molecule has 3 aromatic rings. The maximum absolute atomic E-state index is 12.6. The van der Waals surface area contributed by atoms with Crippen molar-refractivity contribution in [3.05, 3.63) is 48.0 Å². The predicted octanol–water partition coefficient (Wildman–Crippen LogP) is 5.53. The van der Waals surface area contributed by atoms with Crippen LogP contribution in [0.25, 0.3) is 11.0 Å². The van der Waals surface area contributed by atoms with Crippen molar-refractivity contribution in [3.8, 4) is 0 Å². The van der Waals surface area contributed by atoms with Crippen LogP contribution in [0.1, 0.15) is 50.6 Å². The second-order valence-electron chi connectivity index (χ2n) is 9.69. The summed E-state index contributed by atoms with van der Waals surface area (Å²) < 4.78 is 7.32. The quantitative estimate of drug-likeness (QED) is 0.533. The van der Waals surface area contributed by atoms with Crippen molar-refractivity contribution in [2.24, 2.45) is 5.92 Å². The molecule has 2 aliphatic rings. The number of rotatable bonds is 4. The Morgan fingerprint density at radius 3 is 2.60 bits per heavy atom.